The average molecular weight is 310 g/mol. The molecule has 2 aromatic rings. The van der Waals surface area contributed by atoms with Gasteiger partial charge in [0.05, 0.1) is 0 Å². The molecule has 1 unspecified atom stereocenters. The smallest absolute Gasteiger partial charge is 0.123 e. The van der Waals surface area contributed by atoms with Crippen molar-refractivity contribution in [3.8, 4) is 0 Å². The average Bonchev–Trinajstić information content (AvgIpc) is 2.46. The molecule has 0 amide bonds. The molecule has 1 N–H and O–H groups in total. The highest BCUT2D eigenvalue weighted by Gasteiger charge is 2.31. The molecule has 0 heterocycles. The molecule has 4 heteroatoms. The number of halogens is 2. The van der Waals surface area contributed by atoms with E-state index in [9.17, 15) is 9.50 Å². The van der Waals surface area contributed by atoms with Crippen LogP contribution in [0.25, 0.3) is 0 Å². The van der Waals surface area contributed by atoms with Crippen molar-refractivity contribution in [2.24, 2.45) is 0 Å². The Balaban J connectivity index is 0.00000220. The van der Waals surface area contributed by atoms with Gasteiger partial charge in [0.25, 0.3) is 0 Å². The van der Waals surface area contributed by atoms with E-state index in [0.717, 1.165) is 12.1 Å². The molecule has 0 fully saturated rings. The Hall–Kier alpha value is -1.42. The molecule has 0 aliphatic carbocycles. The minimum Gasteiger partial charge on any atom is -0.380 e. The zero-order chi connectivity index (χ0) is 14.6. The van der Waals surface area contributed by atoms with Gasteiger partial charge in [-0.1, -0.05) is 42.5 Å². The fourth-order valence-electron chi connectivity index (χ4n) is 2.28. The van der Waals surface area contributed by atoms with E-state index in [4.69, 9.17) is 0 Å². The summed E-state index contributed by atoms with van der Waals surface area (Å²) in [5.41, 5.74) is 0.444. The third-order valence-electron chi connectivity index (χ3n) is 3.49. The Kier molecular flexibility index (Phi) is 6.34. The van der Waals surface area contributed by atoms with Gasteiger partial charge < -0.3 is 10.0 Å². The number of hydrogen-bond acceptors (Lipinski definition) is 2. The van der Waals surface area contributed by atoms with Gasteiger partial charge in [0.2, 0.25) is 0 Å². The molecule has 21 heavy (non-hydrogen) atoms. The Morgan fingerprint density at radius 1 is 0.952 bits per heavy atom. The maximum atomic E-state index is 13.1. The van der Waals surface area contributed by atoms with Crippen molar-refractivity contribution in [2.45, 2.75) is 12.0 Å². The molecule has 0 radical (unpaired) electrons. The van der Waals surface area contributed by atoms with E-state index >= 15 is 0 Å². The van der Waals surface area contributed by atoms with E-state index in [0.29, 0.717) is 12.0 Å². The first-order valence-electron chi connectivity index (χ1n) is 6.71. The van der Waals surface area contributed by atoms with E-state index in [1.807, 2.05) is 49.3 Å². The van der Waals surface area contributed by atoms with Crippen LogP contribution >= 0.6 is 12.4 Å². The minimum atomic E-state index is -1.10. The van der Waals surface area contributed by atoms with Crippen LogP contribution in [0.5, 0.6) is 0 Å². The molecule has 0 aliphatic rings. The first-order valence-corrected chi connectivity index (χ1v) is 6.71. The second-order valence-electron chi connectivity index (χ2n) is 5.29. The summed E-state index contributed by atoms with van der Waals surface area (Å²) in [5, 5.41) is 11.1. The Bertz CT molecular complexity index is 544. The lowest BCUT2D eigenvalue weighted by Crippen LogP contribution is -2.31. The van der Waals surface area contributed by atoms with Crippen LogP contribution in [0.1, 0.15) is 17.5 Å². The summed E-state index contributed by atoms with van der Waals surface area (Å²) < 4.78 is 13.1. The Morgan fingerprint density at radius 3 is 2.00 bits per heavy atom. The number of aliphatic hydroxyl groups is 1. The van der Waals surface area contributed by atoms with Crippen molar-refractivity contribution in [1.82, 2.24) is 4.90 Å². The highest BCUT2D eigenvalue weighted by atomic mass is 35.5. The number of hydrogen-bond donors (Lipinski definition) is 1. The van der Waals surface area contributed by atoms with Crippen molar-refractivity contribution < 1.29 is 9.50 Å². The van der Waals surface area contributed by atoms with Crippen LogP contribution < -0.4 is 0 Å². The molecule has 0 spiro atoms. The fraction of sp³-hybridized carbons (Fsp3) is 0.294. The van der Waals surface area contributed by atoms with Crippen LogP contribution in [-0.4, -0.2) is 30.6 Å². The fourth-order valence-corrected chi connectivity index (χ4v) is 2.28. The van der Waals surface area contributed by atoms with Gasteiger partial charge in [0, 0.05) is 6.54 Å². The zero-order valence-electron chi connectivity index (χ0n) is 12.3. The number of nitrogens with zero attached hydrogens (tertiary/aromatic N) is 1. The molecule has 0 saturated heterocycles. The molecule has 0 saturated carbocycles. The van der Waals surface area contributed by atoms with Crippen LogP contribution in [-0.2, 0) is 5.60 Å². The maximum Gasteiger partial charge on any atom is 0.123 e. The van der Waals surface area contributed by atoms with Crippen molar-refractivity contribution in [2.75, 3.05) is 20.6 Å². The van der Waals surface area contributed by atoms with E-state index < -0.39 is 5.60 Å². The molecule has 0 aromatic heterocycles. The lowest BCUT2D eigenvalue weighted by molar-refractivity contribution is 0.0628. The molecular weight excluding hydrogens is 289 g/mol. The first-order chi connectivity index (χ1) is 9.52. The van der Waals surface area contributed by atoms with E-state index in [2.05, 4.69) is 0 Å². The van der Waals surface area contributed by atoms with E-state index in [1.54, 1.807) is 12.1 Å². The summed E-state index contributed by atoms with van der Waals surface area (Å²) in [4.78, 5) is 2.03. The predicted octanol–water partition coefficient (Wildman–Crippen LogP) is 3.44. The van der Waals surface area contributed by atoms with Crippen LogP contribution in [0.2, 0.25) is 0 Å². The largest absolute Gasteiger partial charge is 0.380 e. The highest BCUT2D eigenvalue weighted by Crippen LogP contribution is 2.33. The van der Waals surface area contributed by atoms with Crippen LogP contribution in [0.15, 0.2) is 54.6 Å². The topological polar surface area (TPSA) is 23.5 Å². The lowest BCUT2D eigenvalue weighted by Gasteiger charge is -2.30. The molecule has 2 rings (SSSR count). The van der Waals surface area contributed by atoms with Gasteiger partial charge in [0.1, 0.15) is 11.4 Å². The van der Waals surface area contributed by atoms with Crippen molar-refractivity contribution >= 4 is 12.4 Å². The molecule has 2 nitrogen and oxygen atoms in total. The Labute approximate surface area is 131 Å². The molecule has 0 bridgehead atoms. The van der Waals surface area contributed by atoms with Crippen molar-refractivity contribution in [3.05, 3.63) is 71.5 Å². The highest BCUT2D eigenvalue weighted by molar-refractivity contribution is 5.85. The van der Waals surface area contributed by atoms with Gasteiger partial charge in [-0.2, -0.15) is 0 Å². The SMILES string of the molecule is CN(C)CCC(O)(c1ccccc1)c1ccc(F)cc1.Cl. The monoisotopic (exact) mass is 309 g/mol. The predicted molar refractivity (Wildman–Crippen MR) is 86.3 cm³/mol. The second kappa shape index (κ2) is 7.55. The van der Waals surface area contributed by atoms with E-state index in [1.165, 1.54) is 12.1 Å². The molecular formula is C17H21ClFNO. The second-order valence-corrected chi connectivity index (χ2v) is 5.29. The summed E-state index contributed by atoms with van der Waals surface area (Å²) in [6.07, 6.45) is 0.551. The standard InChI is InChI=1S/C17H20FNO.ClH/c1-19(2)13-12-17(20,14-6-4-3-5-7-14)15-8-10-16(18)11-9-15;/h3-11,20H,12-13H2,1-2H3;1H. The van der Waals surface area contributed by atoms with Gasteiger partial charge in [-0.05, 0) is 43.8 Å². The van der Waals surface area contributed by atoms with Gasteiger partial charge in [-0.3, -0.25) is 0 Å². The summed E-state index contributed by atoms with van der Waals surface area (Å²) in [5.74, 6) is -0.295. The summed E-state index contributed by atoms with van der Waals surface area (Å²) in [6, 6.07) is 15.6. The summed E-state index contributed by atoms with van der Waals surface area (Å²) >= 11 is 0. The minimum absolute atomic E-state index is 0. The quantitative estimate of drug-likeness (QED) is 0.914. The molecule has 0 aliphatic heterocycles. The number of rotatable bonds is 5. The third-order valence-corrected chi connectivity index (χ3v) is 3.49. The third kappa shape index (κ3) is 4.27. The van der Waals surface area contributed by atoms with Gasteiger partial charge in [0.15, 0.2) is 0 Å². The molecule has 1 atom stereocenters. The van der Waals surface area contributed by atoms with Crippen molar-refractivity contribution in [3.63, 3.8) is 0 Å². The first kappa shape index (κ1) is 17.6. The van der Waals surface area contributed by atoms with Gasteiger partial charge in [-0.25, -0.2) is 4.39 Å². The molecule has 114 valence electrons. The Morgan fingerprint density at radius 2 is 1.48 bits per heavy atom. The van der Waals surface area contributed by atoms with Crippen LogP contribution in [0, 0.1) is 5.82 Å². The molecule has 2 aromatic carbocycles. The van der Waals surface area contributed by atoms with Crippen molar-refractivity contribution in [1.29, 1.82) is 0 Å². The lowest BCUT2D eigenvalue weighted by atomic mass is 9.83. The normalized spacial score (nSPS) is 13.6. The zero-order valence-corrected chi connectivity index (χ0v) is 13.1. The van der Waals surface area contributed by atoms with E-state index in [-0.39, 0.29) is 18.2 Å². The van der Waals surface area contributed by atoms with Gasteiger partial charge in [-0.15, -0.1) is 12.4 Å². The maximum absolute atomic E-state index is 13.1. The van der Waals surface area contributed by atoms with Crippen LogP contribution in [0.3, 0.4) is 0 Å². The number of benzene rings is 2. The summed E-state index contributed by atoms with van der Waals surface area (Å²) in [7, 11) is 3.94. The summed E-state index contributed by atoms with van der Waals surface area (Å²) in [6.45, 7) is 0.739. The van der Waals surface area contributed by atoms with Gasteiger partial charge >= 0.3 is 0 Å². The van der Waals surface area contributed by atoms with Crippen LogP contribution in [0.4, 0.5) is 4.39 Å².